The lowest BCUT2D eigenvalue weighted by Gasteiger charge is -2.18. The summed E-state index contributed by atoms with van der Waals surface area (Å²) >= 11 is 0. The molecule has 0 atom stereocenters. The topological polar surface area (TPSA) is 73.4 Å². The van der Waals surface area contributed by atoms with E-state index < -0.39 is 0 Å². The summed E-state index contributed by atoms with van der Waals surface area (Å²) in [5.74, 6) is 0.316. The molecule has 2 heterocycles. The molecule has 1 aliphatic rings. The van der Waals surface area contributed by atoms with E-state index in [-0.39, 0.29) is 30.2 Å². The van der Waals surface area contributed by atoms with Crippen LogP contribution in [0.2, 0.25) is 0 Å². The normalized spacial score (nSPS) is 13.8. The summed E-state index contributed by atoms with van der Waals surface area (Å²) in [7, 11) is 0. The zero-order valence-electron chi connectivity index (χ0n) is 18.8. The highest BCUT2D eigenvalue weighted by molar-refractivity contribution is 5.78. The Hall–Kier alpha value is -3.68. The third-order valence-electron chi connectivity index (χ3n) is 5.42. The lowest BCUT2D eigenvalue weighted by Crippen LogP contribution is -2.33. The highest BCUT2D eigenvalue weighted by atomic mass is 19.1. The zero-order valence-corrected chi connectivity index (χ0v) is 18.8. The van der Waals surface area contributed by atoms with E-state index >= 15 is 0 Å². The first kappa shape index (κ1) is 22.5. The van der Waals surface area contributed by atoms with Crippen LogP contribution in [0.3, 0.4) is 0 Å². The number of imidazole rings is 1. The third-order valence-corrected chi connectivity index (χ3v) is 5.42. The minimum Gasteiger partial charge on any atom is -0.492 e. The first-order valence-corrected chi connectivity index (χ1v) is 10.7. The molecule has 0 aliphatic carbocycles. The van der Waals surface area contributed by atoms with E-state index in [0.717, 1.165) is 5.56 Å². The van der Waals surface area contributed by atoms with Gasteiger partial charge in [0.25, 0.3) is 0 Å². The minimum absolute atomic E-state index is 0.0160. The van der Waals surface area contributed by atoms with Gasteiger partial charge in [0.15, 0.2) is 0 Å². The fourth-order valence-corrected chi connectivity index (χ4v) is 3.75. The van der Waals surface area contributed by atoms with E-state index in [1.807, 2.05) is 13.8 Å². The van der Waals surface area contributed by atoms with Crippen LogP contribution in [0.4, 0.5) is 8.78 Å². The highest BCUT2D eigenvalue weighted by Crippen LogP contribution is 2.27. The monoisotopic (exact) mass is 452 g/mol. The first-order chi connectivity index (χ1) is 15.7. The Bertz CT molecular complexity index is 1220. The molecular formula is C25H26F2N4O2. The molecule has 0 saturated heterocycles. The fourth-order valence-electron chi connectivity index (χ4n) is 3.75. The number of carbonyl (C=O) groups is 1. The third kappa shape index (κ3) is 4.89. The van der Waals surface area contributed by atoms with Gasteiger partial charge < -0.3 is 19.9 Å². The molecule has 0 spiro atoms. The summed E-state index contributed by atoms with van der Waals surface area (Å²) in [5.41, 5.74) is 9.09. The molecule has 2 N–H and O–H groups in total. The van der Waals surface area contributed by atoms with Crippen molar-refractivity contribution in [2.45, 2.75) is 33.4 Å². The SMILES string of the molecule is Cc1cc(-c2cn(CC(=O)N3CC(N)=C(OC(C)C)C3)c(-c3ccc(F)cc3)n2)ccc1F. The van der Waals surface area contributed by atoms with Crippen molar-refractivity contribution >= 4 is 5.91 Å². The standard InChI is InChI=1S/C25H26F2N4O2/c1-15(2)33-23-13-30(11-21(23)28)24(32)14-31-12-22(18-6-9-20(27)16(3)10-18)29-25(31)17-4-7-19(26)8-5-17/h4-10,12,15H,11,13-14,28H2,1-3H3. The Labute approximate surface area is 191 Å². The second-order valence-corrected chi connectivity index (χ2v) is 8.41. The van der Waals surface area contributed by atoms with Crippen molar-refractivity contribution in [2.75, 3.05) is 13.1 Å². The number of halogens is 2. The Kier molecular flexibility index (Phi) is 6.18. The van der Waals surface area contributed by atoms with Crippen LogP contribution in [0, 0.1) is 18.6 Å². The summed E-state index contributed by atoms with van der Waals surface area (Å²) in [6, 6.07) is 10.7. The summed E-state index contributed by atoms with van der Waals surface area (Å²) < 4.78 is 34.7. The van der Waals surface area contributed by atoms with Gasteiger partial charge in [-0.15, -0.1) is 0 Å². The Morgan fingerprint density at radius 2 is 1.82 bits per heavy atom. The van der Waals surface area contributed by atoms with Gasteiger partial charge in [-0.2, -0.15) is 0 Å². The number of nitrogens with two attached hydrogens (primary N) is 1. The molecule has 0 fully saturated rings. The van der Waals surface area contributed by atoms with E-state index in [9.17, 15) is 13.6 Å². The average Bonchev–Trinajstić information content (AvgIpc) is 3.34. The van der Waals surface area contributed by atoms with Gasteiger partial charge >= 0.3 is 0 Å². The molecule has 1 amide bonds. The van der Waals surface area contributed by atoms with Crippen LogP contribution in [0.15, 0.2) is 60.1 Å². The zero-order chi connectivity index (χ0) is 23.7. The maximum atomic E-state index is 13.8. The Morgan fingerprint density at radius 3 is 2.48 bits per heavy atom. The maximum absolute atomic E-state index is 13.8. The lowest BCUT2D eigenvalue weighted by molar-refractivity contribution is -0.130. The van der Waals surface area contributed by atoms with Crippen LogP contribution >= 0.6 is 0 Å². The number of amides is 1. The van der Waals surface area contributed by atoms with Crippen LogP contribution in [0.5, 0.6) is 0 Å². The van der Waals surface area contributed by atoms with Crippen LogP contribution < -0.4 is 5.73 Å². The number of rotatable bonds is 6. The maximum Gasteiger partial charge on any atom is 0.243 e. The van der Waals surface area contributed by atoms with Crippen molar-refractivity contribution in [1.82, 2.24) is 14.5 Å². The molecule has 3 aromatic rings. The minimum atomic E-state index is -0.362. The van der Waals surface area contributed by atoms with Crippen LogP contribution in [0.25, 0.3) is 22.6 Å². The van der Waals surface area contributed by atoms with E-state index in [4.69, 9.17) is 10.5 Å². The number of aryl methyl sites for hydroxylation is 1. The van der Waals surface area contributed by atoms with Crippen molar-refractivity contribution < 1.29 is 18.3 Å². The summed E-state index contributed by atoms with van der Waals surface area (Å²) in [6.45, 7) is 6.12. The molecule has 8 heteroatoms. The molecule has 0 unspecified atom stereocenters. The van der Waals surface area contributed by atoms with E-state index in [2.05, 4.69) is 4.98 Å². The second-order valence-electron chi connectivity index (χ2n) is 8.41. The molecule has 4 rings (SSSR count). The van der Waals surface area contributed by atoms with E-state index in [0.29, 0.717) is 47.2 Å². The lowest BCUT2D eigenvalue weighted by atomic mass is 10.1. The summed E-state index contributed by atoms with van der Waals surface area (Å²) in [4.78, 5) is 19.4. The van der Waals surface area contributed by atoms with Crippen LogP contribution in [0.1, 0.15) is 19.4 Å². The molecule has 33 heavy (non-hydrogen) atoms. The fraction of sp³-hybridized carbons (Fsp3) is 0.280. The Morgan fingerprint density at radius 1 is 1.12 bits per heavy atom. The van der Waals surface area contributed by atoms with Gasteiger partial charge in [0, 0.05) is 17.3 Å². The largest absolute Gasteiger partial charge is 0.492 e. The van der Waals surface area contributed by atoms with Gasteiger partial charge in [-0.05, 0) is 68.8 Å². The molecule has 0 radical (unpaired) electrons. The van der Waals surface area contributed by atoms with Crippen molar-refractivity contribution in [3.63, 3.8) is 0 Å². The van der Waals surface area contributed by atoms with E-state index in [1.54, 1.807) is 46.9 Å². The van der Waals surface area contributed by atoms with Gasteiger partial charge in [-0.1, -0.05) is 0 Å². The quantitative estimate of drug-likeness (QED) is 0.607. The molecule has 1 aliphatic heterocycles. The van der Waals surface area contributed by atoms with Crippen molar-refractivity contribution in [3.05, 3.63) is 77.3 Å². The number of carbonyl (C=O) groups excluding carboxylic acids is 1. The number of hydrogen-bond donors (Lipinski definition) is 1. The van der Waals surface area contributed by atoms with Gasteiger partial charge in [0.05, 0.1) is 30.6 Å². The predicted octanol–water partition coefficient (Wildman–Crippen LogP) is 4.24. The molecule has 2 aromatic carbocycles. The van der Waals surface area contributed by atoms with Gasteiger partial charge in [0.2, 0.25) is 5.91 Å². The van der Waals surface area contributed by atoms with Crippen molar-refractivity contribution in [1.29, 1.82) is 0 Å². The number of aromatic nitrogens is 2. The molecular weight excluding hydrogens is 426 g/mol. The average molecular weight is 453 g/mol. The van der Waals surface area contributed by atoms with Gasteiger partial charge in [-0.3, -0.25) is 4.79 Å². The first-order valence-electron chi connectivity index (χ1n) is 10.7. The molecule has 1 aromatic heterocycles. The number of ether oxygens (including phenoxy) is 1. The molecule has 0 saturated carbocycles. The van der Waals surface area contributed by atoms with Gasteiger partial charge in [-0.25, -0.2) is 13.8 Å². The molecule has 0 bridgehead atoms. The van der Waals surface area contributed by atoms with E-state index in [1.165, 1.54) is 18.2 Å². The molecule has 172 valence electrons. The smallest absolute Gasteiger partial charge is 0.243 e. The Balaban J connectivity index is 1.63. The molecule has 6 nitrogen and oxygen atoms in total. The van der Waals surface area contributed by atoms with Crippen molar-refractivity contribution in [3.8, 4) is 22.6 Å². The predicted molar refractivity (Wildman–Crippen MR) is 122 cm³/mol. The van der Waals surface area contributed by atoms with Crippen molar-refractivity contribution in [2.24, 2.45) is 5.73 Å². The van der Waals surface area contributed by atoms with Crippen LogP contribution in [-0.2, 0) is 16.1 Å². The summed E-state index contributed by atoms with van der Waals surface area (Å²) in [5, 5.41) is 0. The number of hydrogen-bond acceptors (Lipinski definition) is 4. The van der Waals surface area contributed by atoms with Crippen LogP contribution in [-0.4, -0.2) is 39.6 Å². The second kappa shape index (κ2) is 9.05. The summed E-state index contributed by atoms with van der Waals surface area (Å²) in [6.07, 6.45) is 1.72. The number of benzene rings is 2. The van der Waals surface area contributed by atoms with Gasteiger partial charge in [0.1, 0.15) is 29.8 Å². The highest BCUT2D eigenvalue weighted by Gasteiger charge is 2.27. The number of nitrogens with zero attached hydrogens (tertiary/aromatic N) is 3.